The van der Waals surface area contributed by atoms with Gasteiger partial charge in [-0.15, -0.1) is 0 Å². The van der Waals surface area contributed by atoms with Crippen LogP contribution in [0.2, 0.25) is 5.02 Å². The highest BCUT2D eigenvalue weighted by Crippen LogP contribution is 2.32. The molecule has 94 valence electrons. The largest absolute Gasteiger partial charge is 0.324 e. The van der Waals surface area contributed by atoms with Crippen LogP contribution < -0.4 is 5.32 Å². The summed E-state index contributed by atoms with van der Waals surface area (Å²) in [5.41, 5.74) is 1.58. The molecule has 4 nitrogen and oxygen atoms in total. The molecule has 0 radical (unpaired) electrons. The second-order valence-electron chi connectivity index (χ2n) is 4.26. The second-order valence-corrected chi connectivity index (χ2v) is 4.69. The number of carbonyl (C=O) groups is 2. The number of pyridine rings is 1. The van der Waals surface area contributed by atoms with Crippen molar-refractivity contribution in [2.45, 2.75) is 5.92 Å². The van der Waals surface area contributed by atoms with E-state index in [0.717, 1.165) is 0 Å². The molecule has 0 saturated carbocycles. The first-order chi connectivity index (χ1) is 9.16. The highest BCUT2D eigenvalue weighted by molar-refractivity contribution is 6.32. The molecule has 1 aromatic carbocycles. The average Bonchev–Trinajstić information content (AvgIpc) is 2.39. The van der Waals surface area contributed by atoms with Gasteiger partial charge in [0, 0.05) is 23.0 Å². The van der Waals surface area contributed by atoms with E-state index >= 15 is 0 Å². The van der Waals surface area contributed by atoms with Crippen LogP contribution in [0.5, 0.6) is 0 Å². The zero-order valence-electron chi connectivity index (χ0n) is 9.76. The summed E-state index contributed by atoms with van der Waals surface area (Å²) >= 11 is 5.85. The SMILES string of the molecule is O=C1Nc2cc(Cl)ccc2C(=O)C1c1ccncc1. The summed E-state index contributed by atoms with van der Waals surface area (Å²) in [6.07, 6.45) is 3.13. The second kappa shape index (κ2) is 4.48. The zero-order chi connectivity index (χ0) is 13.4. The number of Topliss-reactive ketones (excluding diaryl/α,β-unsaturated/α-hetero) is 1. The third kappa shape index (κ3) is 2.00. The van der Waals surface area contributed by atoms with Crippen LogP contribution in [-0.4, -0.2) is 16.7 Å². The minimum atomic E-state index is -0.823. The van der Waals surface area contributed by atoms with E-state index in [0.29, 0.717) is 21.8 Å². The molecule has 2 aromatic rings. The van der Waals surface area contributed by atoms with Gasteiger partial charge in [-0.1, -0.05) is 11.6 Å². The number of amides is 1. The van der Waals surface area contributed by atoms with Gasteiger partial charge in [-0.25, -0.2) is 0 Å². The van der Waals surface area contributed by atoms with E-state index in [1.54, 1.807) is 42.7 Å². The minimum Gasteiger partial charge on any atom is -0.324 e. The van der Waals surface area contributed by atoms with Crippen molar-refractivity contribution in [1.29, 1.82) is 0 Å². The smallest absolute Gasteiger partial charge is 0.239 e. The number of hydrogen-bond acceptors (Lipinski definition) is 3. The Hall–Kier alpha value is -2.20. The van der Waals surface area contributed by atoms with Crippen molar-refractivity contribution in [1.82, 2.24) is 4.98 Å². The van der Waals surface area contributed by atoms with Gasteiger partial charge in [-0.3, -0.25) is 14.6 Å². The summed E-state index contributed by atoms with van der Waals surface area (Å²) in [6, 6.07) is 8.19. The predicted molar refractivity (Wildman–Crippen MR) is 71.4 cm³/mol. The lowest BCUT2D eigenvalue weighted by Gasteiger charge is -2.23. The topological polar surface area (TPSA) is 59.1 Å². The van der Waals surface area contributed by atoms with Gasteiger partial charge in [-0.05, 0) is 35.9 Å². The van der Waals surface area contributed by atoms with E-state index in [1.165, 1.54) is 0 Å². The molecule has 2 heterocycles. The van der Waals surface area contributed by atoms with Crippen LogP contribution in [0.3, 0.4) is 0 Å². The number of nitrogens with one attached hydrogen (secondary N) is 1. The van der Waals surface area contributed by atoms with Crippen molar-refractivity contribution in [3.05, 3.63) is 58.9 Å². The van der Waals surface area contributed by atoms with Crippen molar-refractivity contribution in [2.24, 2.45) is 0 Å². The zero-order valence-corrected chi connectivity index (χ0v) is 10.5. The lowest BCUT2D eigenvalue weighted by molar-refractivity contribution is -0.116. The van der Waals surface area contributed by atoms with Crippen molar-refractivity contribution in [3.63, 3.8) is 0 Å². The van der Waals surface area contributed by atoms with Crippen LogP contribution in [0.15, 0.2) is 42.7 Å². The summed E-state index contributed by atoms with van der Waals surface area (Å²) in [5.74, 6) is -1.38. The number of rotatable bonds is 1. The monoisotopic (exact) mass is 272 g/mol. The highest BCUT2D eigenvalue weighted by Gasteiger charge is 2.35. The number of halogens is 1. The number of hydrogen-bond donors (Lipinski definition) is 1. The standard InChI is InChI=1S/C14H9ClN2O2/c15-9-1-2-10-11(7-9)17-14(19)12(13(10)18)8-3-5-16-6-4-8/h1-7,12H,(H,17,19). The molecule has 1 aliphatic rings. The van der Waals surface area contributed by atoms with Crippen molar-refractivity contribution in [3.8, 4) is 0 Å². The third-order valence-corrected chi connectivity index (χ3v) is 3.30. The summed E-state index contributed by atoms with van der Waals surface area (Å²) in [6.45, 7) is 0. The van der Waals surface area contributed by atoms with Crippen molar-refractivity contribution >= 4 is 29.0 Å². The van der Waals surface area contributed by atoms with Gasteiger partial charge in [0.1, 0.15) is 5.92 Å². The Morgan fingerprint density at radius 2 is 1.84 bits per heavy atom. The molecule has 1 aromatic heterocycles. The lowest BCUT2D eigenvalue weighted by atomic mass is 9.87. The fraction of sp³-hybridized carbons (Fsp3) is 0.0714. The average molecular weight is 273 g/mol. The molecule has 1 N–H and O–H groups in total. The van der Waals surface area contributed by atoms with Gasteiger partial charge in [0.2, 0.25) is 5.91 Å². The quantitative estimate of drug-likeness (QED) is 0.812. The summed E-state index contributed by atoms with van der Waals surface area (Å²) in [5, 5.41) is 3.20. The maximum atomic E-state index is 12.4. The number of carbonyl (C=O) groups excluding carboxylic acids is 2. The van der Waals surface area contributed by atoms with E-state index in [2.05, 4.69) is 10.3 Å². The normalized spacial score (nSPS) is 17.8. The highest BCUT2D eigenvalue weighted by atomic mass is 35.5. The maximum Gasteiger partial charge on any atom is 0.239 e. The molecule has 0 spiro atoms. The first kappa shape index (κ1) is 11.9. The Kier molecular flexibility index (Phi) is 2.80. The van der Waals surface area contributed by atoms with Gasteiger partial charge in [0.05, 0.1) is 5.69 Å². The Balaban J connectivity index is 2.09. The molecule has 1 unspecified atom stereocenters. The molecular weight excluding hydrogens is 264 g/mol. The van der Waals surface area contributed by atoms with Crippen LogP contribution in [0.25, 0.3) is 0 Å². The van der Waals surface area contributed by atoms with Gasteiger partial charge >= 0.3 is 0 Å². The lowest BCUT2D eigenvalue weighted by Crippen LogP contribution is -2.33. The Morgan fingerprint density at radius 1 is 1.11 bits per heavy atom. The van der Waals surface area contributed by atoms with Crippen LogP contribution in [0, 0.1) is 0 Å². The molecule has 0 saturated heterocycles. The Morgan fingerprint density at radius 3 is 2.58 bits per heavy atom. The predicted octanol–water partition coefficient (Wildman–Crippen LogP) is 2.65. The van der Waals surface area contributed by atoms with Crippen LogP contribution >= 0.6 is 11.6 Å². The number of fused-ring (bicyclic) bond motifs is 1. The van der Waals surface area contributed by atoms with Crippen LogP contribution in [0.4, 0.5) is 5.69 Å². The number of ketones is 1. The first-order valence-corrected chi connectivity index (χ1v) is 6.09. The molecule has 0 fully saturated rings. The van der Waals surface area contributed by atoms with Crippen molar-refractivity contribution in [2.75, 3.05) is 5.32 Å². The Bertz CT molecular complexity index is 670. The van der Waals surface area contributed by atoms with Gasteiger partial charge in [0.15, 0.2) is 5.78 Å². The number of aromatic nitrogens is 1. The molecule has 0 aliphatic carbocycles. The molecule has 1 aliphatic heterocycles. The number of anilines is 1. The van der Waals surface area contributed by atoms with E-state index in [1.807, 2.05) is 0 Å². The van der Waals surface area contributed by atoms with E-state index in [9.17, 15) is 9.59 Å². The first-order valence-electron chi connectivity index (χ1n) is 5.71. The Labute approximate surface area is 114 Å². The third-order valence-electron chi connectivity index (χ3n) is 3.07. The molecule has 5 heteroatoms. The van der Waals surface area contributed by atoms with Crippen LogP contribution in [-0.2, 0) is 4.79 Å². The fourth-order valence-corrected chi connectivity index (χ4v) is 2.34. The van der Waals surface area contributed by atoms with E-state index < -0.39 is 5.92 Å². The molecule has 0 bridgehead atoms. The van der Waals surface area contributed by atoms with E-state index in [4.69, 9.17) is 11.6 Å². The van der Waals surface area contributed by atoms with Crippen molar-refractivity contribution < 1.29 is 9.59 Å². The molecule has 1 atom stereocenters. The maximum absolute atomic E-state index is 12.4. The molecular formula is C14H9ClN2O2. The molecule has 3 rings (SSSR count). The molecule has 1 amide bonds. The van der Waals surface area contributed by atoms with Crippen LogP contribution in [0.1, 0.15) is 21.8 Å². The van der Waals surface area contributed by atoms with Gasteiger partial charge in [0.25, 0.3) is 0 Å². The minimum absolute atomic E-state index is 0.221. The van der Waals surface area contributed by atoms with E-state index in [-0.39, 0.29) is 11.7 Å². The summed E-state index contributed by atoms with van der Waals surface area (Å²) < 4.78 is 0. The summed E-state index contributed by atoms with van der Waals surface area (Å²) in [7, 11) is 0. The van der Waals surface area contributed by atoms with Gasteiger partial charge < -0.3 is 5.32 Å². The summed E-state index contributed by atoms with van der Waals surface area (Å²) in [4.78, 5) is 28.4. The fourth-order valence-electron chi connectivity index (χ4n) is 2.17. The molecule has 19 heavy (non-hydrogen) atoms. The number of benzene rings is 1. The number of nitrogens with zero attached hydrogens (tertiary/aromatic N) is 1. The van der Waals surface area contributed by atoms with Gasteiger partial charge in [-0.2, -0.15) is 0 Å².